The molecule has 4 rings (SSSR count). The van der Waals surface area contributed by atoms with Gasteiger partial charge in [0.1, 0.15) is 17.9 Å². The third kappa shape index (κ3) is 5.07. The molecule has 0 bridgehead atoms. The summed E-state index contributed by atoms with van der Waals surface area (Å²) < 4.78 is 11.4. The fourth-order valence-electron chi connectivity index (χ4n) is 4.75. The average Bonchev–Trinajstić information content (AvgIpc) is 3.19. The van der Waals surface area contributed by atoms with Gasteiger partial charge in [-0.3, -0.25) is 14.6 Å². The van der Waals surface area contributed by atoms with Crippen molar-refractivity contribution >= 4 is 11.8 Å². The van der Waals surface area contributed by atoms with E-state index in [4.69, 9.17) is 9.47 Å². The van der Waals surface area contributed by atoms with Crippen molar-refractivity contribution in [1.29, 1.82) is 0 Å². The molecule has 7 nitrogen and oxygen atoms in total. The lowest BCUT2D eigenvalue weighted by Gasteiger charge is -2.33. The second kappa shape index (κ2) is 9.57. The molecule has 158 valence electrons. The zero-order valence-electron chi connectivity index (χ0n) is 17.0. The molecule has 1 aromatic heterocycles. The first-order valence-corrected chi connectivity index (χ1v) is 10.9. The molecule has 2 aliphatic heterocycles. The fraction of sp³-hybridized carbons (Fsp3) is 0.682. The van der Waals surface area contributed by atoms with Crippen LogP contribution in [0.4, 0.5) is 0 Å². The van der Waals surface area contributed by atoms with Gasteiger partial charge >= 0.3 is 0 Å². The molecule has 2 atom stereocenters. The number of morpholine rings is 1. The molecular formula is C22H31N3O4. The molecule has 3 heterocycles. The molecule has 2 amide bonds. The first-order valence-electron chi connectivity index (χ1n) is 10.9. The summed E-state index contributed by atoms with van der Waals surface area (Å²) >= 11 is 0. The standard InChI is InChI=1S/C22H31N3O4/c26-21(13-17-5-2-1-3-6-17)25-16-19(29-18-7-4-8-23-15-18)14-20(25)22(27)24-9-11-28-12-10-24/h4,7-8,15,17,19-20H,1-3,5-6,9-14,16H2/t19-,20-/m0/s1. The van der Waals surface area contributed by atoms with E-state index >= 15 is 0 Å². The van der Waals surface area contributed by atoms with Crippen LogP contribution >= 0.6 is 0 Å². The van der Waals surface area contributed by atoms with Crippen molar-refractivity contribution < 1.29 is 19.1 Å². The molecule has 0 spiro atoms. The van der Waals surface area contributed by atoms with Crippen LogP contribution in [0.15, 0.2) is 24.5 Å². The van der Waals surface area contributed by atoms with E-state index in [0.717, 1.165) is 12.8 Å². The van der Waals surface area contributed by atoms with Gasteiger partial charge in [0.25, 0.3) is 0 Å². The molecule has 0 unspecified atom stereocenters. The Kier molecular flexibility index (Phi) is 6.64. The monoisotopic (exact) mass is 401 g/mol. The number of nitrogens with zero attached hydrogens (tertiary/aromatic N) is 3. The van der Waals surface area contributed by atoms with E-state index in [-0.39, 0.29) is 17.9 Å². The van der Waals surface area contributed by atoms with Crippen molar-refractivity contribution in [2.45, 2.75) is 57.1 Å². The van der Waals surface area contributed by atoms with Crippen molar-refractivity contribution in [2.24, 2.45) is 5.92 Å². The third-order valence-electron chi connectivity index (χ3n) is 6.32. The Hall–Kier alpha value is -2.15. The van der Waals surface area contributed by atoms with Gasteiger partial charge in [0, 0.05) is 32.1 Å². The minimum Gasteiger partial charge on any atom is -0.487 e. The highest BCUT2D eigenvalue weighted by Gasteiger charge is 2.43. The summed E-state index contributed by atoms with van der Waals surface area (Å²) in [5.74, 6) is 1.26. The van der Waals surface area contributed by atoms with Crippen LogP contribution < -0.4 is 4.74 Å². The van der Waals surface area contributed by atoms with Gasteiger partial charge in [-0.05, 0) is 30.9 Å². The predicted molar refractivity (Wildman–Crippen MR) is 107 cm³/mol. The highest BCUT2D eigenvalue weighted by Crippen LogP contribution is 2.30. The molecule has 7 heteroatoms. The number of likely N-dealkylation sites (tertiary alicyclic amines) is 1. The van der Waals surface area contributed by atoms with E-state index in [1.807, 2.05) is 17.0 Å². The van der Waals surface area contributed by atoms with Crippen molar-refractivity contribution in [1.82, 2.24) is 14.8 Å². The first kappa shape index (κ1) is 20.1. The summed E-state index contributed by atoms with van der Waals surface area (Å²) in [6, 6.07) is 3.25. The van der Waals surface area contributed by atoms with E-state index in [9.17, 15) is 9.59 Å². The molecule has 0 aromatic carbocycles. The van der Waals surface area contributed by atoms with E-state index < -0.39 is 6.04 Å². The maximum Gasteiger partial charge on any atom is 0.245 e. The summed E-state index contributed by atoms with van der Waals surface area (Å²) in [7, 11) is 0. The Morgan fingerprint density at radius 1 is 1.17 bits per heavy atom. The van der Waals surface area contributed by atoms with Gasteiger partial charge in [-0.15, -0.1) is 0 Å². The van der Waals surface area contributed by atoms with Gasteiger partial charge in [-0.25, -0.2) is 0 Å². The Balaban J connectivity index is 1.45. The quantitative estimate of drug-likeness (QED) is 0.757. The third-order valence-corrected chi connectivity index (χ3v) is 6.32. The largest absolute Gasteiger partial charge is 0.487 e. The zero-order chi connectivity index (χ0) is 20.1. The van der Waals surface area contributed by atoms with E-state index in [1.54, 1.807) is 17.3 Å². The van der Waals surface area contributed by atoms with Crippen molar-refractivity contribution in [3.63, 3.8) is 0 Å². The van der Waals surface area contributed by atoms with Gasteiger partial charge in [0.2, 0.25) is 11.8 Å². The summed E-state index contributed by atoms with van der Waals surface area (Å²) in [6.07, 6.45) is 10.2. The fourth-order valence-corrected chi connectivity index (χ4v) is 4.75. The summed E-state index contributed by atoms with van der Waals surface area (Å²) in [5.41, 5.74) is 0. The van der Waals surface area contributed by atoms with Crippen LogP contribution in [0.5, 0.6) is 5.75 Å². The molecule has 3 fully saturated rings. The molecule has 0 N–H and O–H groups in total. The van der Waals surface area contributed by atoms with Crippen molar-refractivity contribution in [3.8, 4) is 5.75 Å². The Morgan fingerprint density at radius 2 is 1.97 bits per heavy atom. The number of amides is 2. The zero-order valence-corrected chi connectivity index (χ0v) is 17.0. The molecule has 1 saturated carbocycles. The van der Waals surface area contributed by atoms with Gasteiger partial charge < -0.3 is 19.3 Å². The Bertz CT molecular complexity index is 687. The Morgan fingerprint density at radius 3 is 2.69 bits per heavy atom. The molecule has 1 aromatic rings. The number of hydrogen-bond acceptors (Lipinski definition) is 5. The number of carbonyl (C=O) groups is 2. The maximum atomic E-state index is 13.2. The van der Waals surface area contributed by atoms with Crippen LogP contribution in [-0.4, -0.2) is 71.6 Å². The molecule has 0 radical (unpaired) electrons. The number of carbonyl (C=O) groups excluding carboxylic acids is 2. The highest BCUT2D eigenvalue weighted by molar-refractivity contribution is 5.88. The predicted octanol–water partition coefficient (Wildman–Crippen LogP) is 2.26. The SMILES string of the molecule is O=C([C@@H]1C[C@H](Oc2cccnc2)CN1C(=O)CC1CCCCC1)N1CCOCC1. The van der Waals surface area contributed by atoms with E-state index in [1.165, 1.54) is 19.3 Å². The lowest BCUT2D eigenvalue weighted by Crippen LogP contribution is -2.51. The lowest BCUT2D eigenvalue weighted by molar-refractivity contribution is -0.146. The van der Waals surface area contributed by atoms with Gasteiger partial charge in [-0.1, -0.05) is 19.3 Å². The second-order valence-corrected chi connectivity index (χ2v) is 8.37. The van der Waals surface area contributed by atoms with Crippen LogP contribution in [0.25, 0.3) is 0 Å². The van der Waals surface area contributed by atoms with E-state index in [0.29, 0.717) is 57.4 Å². The van der Waals surface area contributed by atoms with Crippen LogP contribution in [0.3, 0.4) is 0 Å². The molecule has 1 aliphatic carbocycles. The minimum absolute atomic E-state index is 0.0302. The second-order valence-electron chi connectivity index (χ2n) is 8.37. The van der Waals surface area contributed by atoms with Crippen LogP contribution in [0, 0.1) is 5.92 Å². The number of hydrogen-bond donors (Lipinski definition) is 0. The van der Waals surface area contributed by atoms with E-state index in [2.05, 4.69) is 4.98 Å². The van der Waals surface area contributed by atoms with Crippen molar-refractivity contribution in [2.75, 3.05) is 32.8 Å². The summed E-state index contributed by atoms with van der Waals surface area (Å²) in [5, 5.41) is 0. The van der Waals surface area contributed by atoms with Crippen LogP contribution in [0.1, 0.15) is 44.9 Å². The first-order chi connectivity index (χ1) is 14.2. The molecule has 2 saturated heterocycles. The Labute approximate surface area is 172 Å². The average molecular weight is 402 g/mol. The number of aromatic nitrogens is 1. The highest BCUT2D eigenvalue weighted by atomic mass is 16.5. The number of rotatable bonds is 5. The number of ether oxygens (including phenoxy) is 2. The minimum atomic E-state index is -0.439. The van der Waals surface area contributed by atoms with Gasteiger partial charge in [0.15, 0.2) is 0 Å². The van der Waals surface area contributed by atoms with Crippen LogP contribution in [-0.2, 0) is 14.3 Å². The molecule has 3 aliphatic rings. The van der Waals surface area contributed by atoms with Gasteiger partial charge in [0.05, 0.1) is 26.0 Å². The van der Waals surface area contributed by atoms with Crippen molar-refractivity contribution in [3.05, 3.63) is 24.5 Å². The molecular weight excluding hydrogens is 370 g/mol. The summed E-state index contributed by atoms with van der Waals surface area (Å²) in [6.45, 7) is 2.76. The normalized spacial score (nSPS) is 25.8. The lowest BCUT2D eigenvalue weighted by atomic mass is 9.86. The topological polar surface area (TPSA) is 72.0 Å². The smallest absolute Gasteiger partial charge is 0.245 e. The summed E-state index contributed by atoms with van der Waals surface area (Å²) in [4.78, 5) is 34.1. The van der Waals surface area contributed by atoms with Gasteiger partial charge in [-0.2, -0.15) is 0 Å². The molecule has 29 heavy (non-hydrogen) atoms. The number of pyridine rings is 1. The maximum absolute atomic E-state index is 13.2. The van der Waals surface area contributed by atoms with Crippen LogP contribution in [0.2, 0.25) is 0 Å².